The van der Waals surface area contributed by atoms with Crippen molar-refractivity contribution in [1.82, 2.24) is 0 Å². The Morgan fingerprint density at radius 3 is 2.44 bits per heavy atom. The molecule has 0 fully saturated rings. The van der Waals surface area contributed by atoms with E-state index in [4.69, 9.17) is 4.42 Å². The molecule has 0 bridgehead atoms. The fraction of sp³-hybridized carbons (Fsp3) is 0.429. The van der Waals surface area contributed by atoms with Crippen molar-refractivity contribution in [2.75, 3.05) is 0 Å². The summed E-state index contributed by atoms with van der Waals surface area (Å²) in [5.74, 6) is 0. The number of furan rings is 1. The average molecular weight is 256 g/mol. The fourth-order valence-electron chi connectivity index (χ4n) is 1.96. The minimum Gasteiger partial charge on any atom is -0.464 e. The van der Waals surface area contributed by atoms with Gasteiger partial charge in [0.1, 0.15) is 5.58 Å². The lowest BCUT2D eigenvalue weighted by Crippen LogP contribution is -2.34. The smallest absolute Gasteiger partial charge is 0.394 e. The summed E-state index contributed by atoms with van der Waals surface area (Å²) < 4.78 is 44.1. The molecule has 0 unspecified atom stereocenters. The standard InChI is InChI=1S/C14H15F3O/c1-9-8-18-12-10(5-4-6-11(9)12)7-13(2,3)14(15,16)17/h4-6,8H,7H2,1-3H3. The summed E-state index contributed by atoms with van der Waals surface area (Å²) in [6.45, 7) is 4.30. The minimum atomic E-state index is -4.23. The van der Waals surface area contributed by atoms with E-state index in [0.717, 1.165) is 10.9 Å². The zero-order chi connectivity index (χ0) is 13.6. The number of aryl methyl sites for hydroxylation is 1. The van der Waals surface area contributed by atoms with Crippen LogP contribution < -0.4 is 0 Å². The van der Waals surface area contributed by atoms with E-state index >= 15 is 0 Å². The molecule has 1 heterocycles. The van der Waals surface area contributed by atoms with E-state index in [2.05, 4.69) is 0 Å². The SMILES string of the molecule is Cc1coc2c(CC(C)(C)C(F)(F)F)cccc12. The molecule has 1 nitrogen and oxygen atoms in total. The first-order chi connectivity index (χ1) is 8.22. The van der Waals surface area contributed by atoms with Crippen LogP contribution in [0.2, 0.25) is 0 Å². The normalized spacial score (nSPS) is 13.2. The summed E-state index contributed by atoms with van der Waals surface area (Å²) in [6.07, 6.45) is -2.73. The van der Waals surface area contributed by atoms with Crippen LogP contribution in [0.5, 0.6) is 0 Å². The molecule has 0 atom stereocenters. The van der Waals surface area contributed by atoms with Crippen molar-refractivity contribution in [3.8, 4) is 0 Å². The first kappa shape index (κ1) is 13.0. The molecule has 0 spiro atoms. The number of benzene rings is 1. The summed E-state index contributed by atoms with van der Waals surface area (Å²) in [5, 5.41) is 0.880. The number of fused-ring (bicyclic) bond motifs is 1. The van der Waals surface area contributed by atoms with Crippen LogP contribution in [0, 0.1) is 12.3 Å². The molecule has 0 aliphatic heterocycles. The number of halogens is 3. The third-order valence-corrected chi connectivity index (χ3v) is 3.27. The highest BCUT2D eigenvalue weighted by Gasteiger charge is 2.47. The average Bonchev–Trinajstić information content (AvgIpc) is 2.60. The van der Waals surface area contributed by atoms with E-state index in [0.29, 0.717) is 11.1 Å². The molecule has 0 saturated heterocycles. The summed E-state index contributed by atoms with van der Waals surface area (Å²) in [6, 6.07) is 5.32. The summed E-state index contributed by atoms with van der Waals surface area (Å²) in [5.41, 5.74) is 0.342. The highest BCUT2D eigenvalue weighted by molar-refractivity contribution is 5.83. The molecule has 1 aromatic carbocycles. The lowest BCUT2D eigenvalue weighted by Gasteiger charge is -2.27. The second kappa shape index (κ2) is 4.04. The van der Waals surface area contributed by atoms with Gasteiger partial charge < -0.3 is 4.42 Å². The van der Waals surface area contributed by atoms with Crippen molar-refractivity contribution in [3.05, 3.63) is 35.6 Å². The van der Waals surface area contributed by atoms with Crippen LogP contribution in [0.3, 0.4) is 0 Å². The molecule has 0 aliphatic carbocycles. The quantitative estimate of drug-likeness (QED) is 0.747. The van der Waals surface area contributed by atoms with Crippen molar-refractivity contribution in [2.45, 2.75) is 33.4 Å². The topological polar surface area (TPSA) is 13.1 Å². The number of hydrogen-bond donors (Lipinski definition) is 0. The van der Waals surface area contributed by atoms with Gasteiger partial charge in [-0.3, -0.25) is 0 Å². The molecule has 18 heavy (non-hydrogen) atoms. The Labute approximate surface area is 104 Å². The predicted molar refractivity (Wildman–Crippen MR) is 64.5 cm³/mol. The number of para-hydroxylation sites is 1. The van der Waals surface area contributed by atoms with Gasteiger partial charge in [-0.2, -0.15) is 13.2 Å². The summed E-state index contributed by atoms with van der Waals surface area (Å²) >= 11 is 0. The second-order valence-electron chi connectivity index (χ2n) is 5.27. The van der Waals surface area contributed by atoms with Crippen LogP contribution in [0.15, 0.2) is 28.9 Å². The van der Waals surface area contributed by atoms with Gasteiger partial charge in [0, 0.05) is 5.39 Å². The van der Waals surface area contributed by atoms with E-state index in [1.165, 1.54) is 13.8 Å². The van der Waals surface area contributed by atoms with Gasteiger partial charge in [0.25, 0.3) is 0 Å². The molecule has 2 aromatic rings. The Kier molecular flexibility index (Phi) is 2.92. The predicted octanol–water partition coefficient (Wildman–Crippen LogP) is 4.87. The third kappa shape index (κ3) is 2.11. The molecule has 4 heteroatoms. The Bertz CT molecular complexity index is 564. The van der Waals surface area contributed by atoms with Crippen molar-refractivity contribution >= 4 is 11.0 Å². The number of alkyl halides is 3. The molecule has 0 saturated carbocycles. The van der Waals surface area contributed by atoms with E-state index in [9.17, 15) is 13.2 Å². The van der Waals surface area contributed by atoms with E-state index in [1.807, 2.05) is 13.0 Å². The maximum Gasteiger partial charge on any atom is 0.394 e. The van der Waals surface area contributed by atoms with Crippen LogP contribution >= 0.6 is 0 Å². The van der Waals surface area contributed by atoms with E-state index in [1.54, 1.807) is 18.4 Å². The van der Waals surface area contributed by atoms with Crippen molar-refractivity contribution < 1.29 is 17.6 Å². The molecule has 1 aromatic heterocycles. The number of hydrogen-bond acceptors (Lipinski definition) is 1. The van der Waals surface area contributed by atoms with E-state index in [-0.39, 0.29) is 6.42 Å². The Hall–Kier alpha value is -1.45. The fourth-order valence-corrected chi connectivity index (χ4v) is 1.96. The van der Waals surface area contributed by atoms with Gasteiger partial charge in [0.15, 0.2) is 0 Å². The van der Waals surface area contributed by atoms with Crippen molar-refractivity contribution in [2.24, 2.45) is 5.41 Å². The third-order valence-electron chi connectivity index (χ3n) is 3.27. The lowest BCUT2D eigenvalue weighted by atomic mass is 9.84. The summed E-state index contributed by atoms with van der Waals surface area (Å²) in [7, 11) is 0. The molecular formula is C14H15F3O. The van der Waals surface area contributed by atoms with Gasteiger partial charge in [0.2, 0.25) is 0 Å². The van der Waals surface area contributed by atoms with Gasteiger partial charge in [-0.15, -0.1) is 0 Å². The molecule has 98 valence electrons. The molecule has 2 rings (SSSR count). The molecule has 0 aliphatic rings. The highest BCUT2D eigenvalue weighted by atomic mass is 19.4. The lowest BCUT2D eigenvalue weighted by molar-refractivity contribution is -0.210. The first-order valence-electron chi connectivity index (χ1n) is 5.75. The highest BCUT2D eigenvalue weighted by Crippen LogP contribution is 2.41. The maximum atomic E-state index is 12.9. The van der Waals surface area contributed by atoms with Crippen molar-refractivity contribution in [1.29, 1.82) is 0 Å². The second-order valence-corrected chi connectivity index (χ2v) is 5.27. The Morgan fingerprint density at radius 1 is 1.17 bits per heavy atom. The molecule has 0 radical (unpaired) electrons. The van der Waals surface area contributed by atoms with Gasteiger partial charge in [-0.25, -0.2) is 0 Å². The van der Waals surface area contributed by atoms with Gasteiger partial charge in [-0.1, -0.05) is 32.0 Å². The van der Waals surface area contributed by atoms with Gasteiger partial charge in [0.05, 0.1) is 11.7 Å². The zero-order valence-electron chi connectivity index (χ0n) is 10.6. The van der Waals surface area contributed by atoms with Gasteiger partial charge in [-0.05, 0) is 24.5 Å². The molecule has 0 N–H and O–H groups in total. The van der Waals surface area contributed by atoms with E-state index < -0.39 is 11.6 Å². The Morgan fingerprint density at radius 2 is 1.83 bits per heavy atom. The number of rotatable bonds is 2. The van der Waals surface area contributed by atoms with Gasteiger partial charge >= 0.3 is 6.18 Å². The molecular weight excluding hydrogens is 241 g/mol. The van der Waals surface area contributed by atoms with Crippen LogP contribution in [0.4, 0.5) is 13.2 Å². The minimum absolute atomic E-state index is 0.0825. The molecule has 0 amide bonds. The van der Waals surface area contributed by atoms with Crippen LogP contribution in [-0.4, -0.2) is 6.18 Å². The summed E-state index contributed by atoms with van der Waals surface area (Å²) in [4.78, 5) is 0. The van der Waals surface area contributed by atoms with Crippen LogP contribution in [0.1, 0.15) is 25.0 Å². The zero-order valence-corrected chi connectivity index (χ0v) is 10.6. The largest absolute Gasteiger partial charge is 0.464 e. The van der Waals surface area contributed by atoms with Crippen molar-refractivity contribution in [3.63, 3.8) is 0 Å². The first-order valence-corrected chi connectivity index (χ1v) is 5.75. The monoisotopic (exact) mass is 256 g/mol. The maximum absolute atomic E-state index is 12.9. The van der Waals surface area contributed by atoms with Crippen LogP contribution in [0.25, 0.3) is 11.0 Å². The Balaban J connectivity index is 2.44. The van der Waals surface area contributed by atoms with Crippen LogP contribution in [-0.2, 0) is 6.42 Å².